The van der Waals surface area contributed by atoms with E-state index >= 15 is 0 Å². The van der Waals surface area contributed by atoms with Crippen LogP contribution in [-0.4, -0.2) is 116 Å². The van der Waals surface area contributed by atoms with Crippen molar-refractivity contribution in [3.8, 4) is 11.5 Å². The van der Waals surface area contributed by atoms with Crippen LogP contribution < -0.4 is 14.8 Å². The molecule has 1 aromatic rings. The Morgan fingerprint density at radius 2 is 1.86 bits per heavy atom. The van der Waals surface area contributed by atoms with E-state index in [1.807, 2.05) is 13.0 Å². The molecule has 3 fully saturated rings. The first-order chi connectivity index (χ1) is 17.4. The highest BCUT2D eigenvalue weighted by Gasteiger charge is 2.38. The van der Waals surface area contributed by atoms with Crippen molar-refractivity contribution in [3.05, 3.63) is 23.8 Å². The topological polar surface area (TPSA) is 86.7 Å². The molecule has 0 aliphatic carbocycles. The summed E-state index contributed by atoms with van der Waals surface area (Å²) in [5.74, 6) is 1.61. The first kappa shape index (κ1) is 27.1. The zero-order valence-corrected chi connectivity index (χ0v) is 22.0. The third-order valence-electron chi connectivity index (χ3n) is 7.41. The summed E-state index contributed by atoms with van der Waals surface area (Å²) in [5, 5.41) is 14.3. The molecule has 36 heavy (non-hydrogen) atoms. The predicted molar refractivity (Wildman–Crippen MR) is 138 cm³/mol. The lowest BCUT2D eigenvalue weighted by Crippen LogP contribution is -2.50. The van der Waals surface area contributed by atoms with Gasteiger partial charge in [0.15, 0.2) is 11.5 Å². The van der Waals surface area contributed by atoms with Gasteiger partial charge in [-0.3, -0.25) is 14.6 Å². The van der Waals surface area contributed by atoms with Gasteiger partial charge in [-0.2, -0.15) is 0 Å². The van der Waals surface area contributed by atoms with Crippen LogP contribution in [0.5, 0.6) is 11.5 Å². The minimum absolute atomic E-state index is 0.0404. The maximum Gasteiger partial charge on any atom is 0.217 e. The maximum atomic E-state index is 11.3. The van der Waals surface area contributed by atoms with Crippen molar-refractivity contribution in [2.45, 2.75) is 51.3 Å². The number of ether oxygens (including phenoxy) is 3. The maximum absolute atomic E-state index is 11.3. The Morgan fingerprint density at radius 3 is 2.58 bits per heavy atom. The van der Waals surface area contributed by atoms with E-state index in [1.54, 1.807) is 6.92 Å². The Morgan fingerprint density at radius 1 is 1.08 bits per heavy atom. The number of β-amino-alcohol motifs (C(OH)–C–C–N with tert-alkyl or cyclic N) is 1. The molecule has 0 radical (unpaired) electrons. The molecule has 1 aromatic carbocycles. The number of morpholine rings is 1. The van der Waals surface area contributed by atoms with Gasteiger partial charge in [0.2, 0.25) is 5.91 Å². The first-order valence-electron chi connectivity index (χ1n) is 13.6. The third kappa shape index (κ3) is 8.05. The fourth-order valence-electron chi connectivity index (χ4n) is 5.55. The number of amides is 1. The lowest BCUT2D eigenvalue weighted by atomic mass is 9.99. The highest BCUT2D eigenvalue weighted by molar-refractivity contribution is 5.73. The highest BCUT2D eigenvalue weighted by Crippen LogP contribution is 2.31. The van der Waals surface area contributed by atoms with E-state index in [-0.39, 0.29) is 11.9 Å². The number of benzene rings is 1. The first-order valence-corrected chi connectivity index (χ1v) is 13.6. The summed E-state index contributed by atoms with van der Waals surface area (Å²) in [6, 6.07) is 6.47. The lowest BCUT2D eigenvalue weighted by molar-refractivity contribution is -0.120. The molecule has 1 atom stereocenters. The van der Waals surface area contributed by atoms with Gasteiger partial charge in [0, 0.05) is 71.9 Å². The molecule has 2 N–H and O–H groups in total. The summed E-state index contributed by atoms with van der Waals surface area (Å²) in [4.78, 5) is 18.3. The number of carbonyl (C=O) groups is 1. The molecular weight excluding hydrogens is 460 g/mol. The van der Waals surface area contributed by atoms with E-state index < -0.39 is 5.60 Å². The van der Waals surface area contributed by atoms with Gasteiger partial charge >= 0.3 is 0 Å². The van der Waals surface area contributed by atoms with Gasteiger partial charge in [0.05, 0.1) is 25.4 Å². The number of hydrogen-bond donors (Lipinski definition) is 2. The molecule has 9 heteroatoms. The largest absolute Gasteiger partial charge is 0.490 e. The summed E-state index contributed by atoms with van der Waals surface area (Å²) >= 11 is 0. The summed E-state index contributed by atoms with van der Waals surface area (Å²) in [5.41, 5.74) is 0.478. The van der Waals surface area contributed by atoms with Gasteiger partial charge in [-0.05, 0) is 43.9 Å². The van der Waals surface area contributed by atoms with Crippen molar-refractivity contribution in [2.24, 2.45) is 0 Å². The molecule has 0 spiro atoms. The van der Waals surface area contributed by atoms with Crippen LogP contribution in [0.15, 0.2) is 18.2 Å². The zero-order valence-electron chi connectivity index (χ0n) is 22.0. The van der Waals surface area contributed by atoms with Crippen LogP contribution in [0.3, 0.4) is 0 Å². The summed E-state index contributed by atoms with van der Waals surface area (Å²) < 4.78 is 17.4. The quantitative estimate of drug-likeness (QED) is 0.467. The molecule has 0 aromatic heterocycles. The van der Waals surface area contributed by atoms with E-state index in [0.717, 1.165) is 89.8 Å². The number of likely N-dealkylation sites (tertiary alicyclic amines) is 2. The average molecular weight is 505 g/mol. The molecule has 3 saturated heterocycles. The van der Waals surface area contributed by atoms with E-state index in [0.29, 0.717) is 26.3 Å². The van der Waals surface area contributed by atoms with Gasteiger partial charge < -0.3 is 29.5 Å². The average Bonchev–Trinajstić information content (AvgIpc) is 3.22. The SMILES string of the molecule is CCOc1cc(CN2CC[C@](O)(CN3CCC(NC(C)=O)CC3)C2)ccc1OCCN1CCOCC1. The van der Waals surface area contributed by atoms with Crippen molar-refractivity contribution >= 4 is 5.91 Å². The standard InChI is InChI=1S/C27H44N4O5/c1-3-35-26-18-23(4-5-25(26)36-17-14-29-12-15-34-16-13-29)19-31-11-8-27(33,21-31)20-30-9-6-24(7-10-30)28-22(2)32/h4-5,18,24,33H,3,6-17,19-21H2,1-2H3,(H,28,32)/t27-/m0/s1. The second kappa shape index (κ2) is 13.1. The molecule has 1 amide bonds. The van der Waals surface area contributed by atoms with Crippen molar-refractivity contribution in [3.63, 3.8) is 0 Å². The van der Waals surface area contributed by atoms with Crippen LogP contribution in [0.25, 0.3) is 0 Å². The van der Waals surface area contributed by atoms with Crippen LogP contribution in [0.2, 0.25) is 0 Å². The van der Waals surface area contributed by atoms with Crippen LogP contribution in [0.4, 0.5) is 0 Å². The molecular formula is C27H44N4O5. The Labute approximate surface area is 215 Å². The molecule has 0 bridgehead atoms. The second-order valence-corrected chi connectivity index (χ2v) is 10.5. The molecule has 0 unspecified atom stereocenters. The number of nitrogens with zero attached hydrogens (tertiary/aromatic N) is 3. The minimum Gasteiger partial charge on any atom is -0.490 e. The van der Waals surface area contributed by atoms with Crippen LogP contribution in [0, 0.1) is 0 Å². The molecule has 9 nitrogen and oxygen atoms in total. The smallest absolute Gasteiger partial charge is 0.217 e. The number of nitrogens with one attached hydrogen (secondary N) is 1. The molecule has 202 valence electrons. The molecule has 3 aliphatic heterocycles. The van der Waals surface area contributed by atoms with Crippen molar-refractivity contribution in [1.29, 1.82) is 0 Å². The summed E-state index contributed by atoms with van der Waals surface area (Å²) in [6.07, 6.45) is 2.67. The number of carbonyl (C=O) groups excluding carboxylic acids is 1. The summed E-state index contributed by atoms with van der Waals surface area (Å²) in [6.45, 7) is 14.0. The van der Waals surface area contributed by atoms with Gasteiger partial charge in [0.1, 0.15) is 6.61 Å². The third-order valence-corrected chi connectivity index (χ3v) is 7.41. The lowest BCUT2D eigenvalue weighted by Gasteiger charge is -2.36. The highest BCUT2D eigenvalue weighted by atomic mass is 16.5. The van der Waals surface area contributed by atoms with Gasteiger partial charge in [-0.25, -0.2) is 0 Å². The fourth-order valence-corrected chi connectivity index (χ4v) is 5.55. The van der Waals surface area contributed by atoms with Crippen LogP contribution in [-0.2, 0) is 16.1 Å². The zero-order chi connectivity index (χ0) is 25.4. The van der Waals surface area contributed by atoms with E-state index in [9.17, 15) is 9.90 Å². The van der Waals surface area contributed by atoms with Gasteiger partial charge in [-0.1, -0.05) is 6.07 Å². The molecule has 0 saturated carbocycles. The van der Waals surface area contributed by atoms with Crippen LogP contribution >= 0.6 is 0 Å². The number of rotatable bonds is 11. The van der Waals surface area contributed by atoms with Crippen molar-refractivity contribution < 1.29 is 24.1 Å². The number of piperidine rings is 1. The Kier molecular flexibility index (Phi) is 9.84. The van der Waals surface area contributed by atoms with E-state index in [1.165, 1.54) is 5.56 Å². The van der Waals surface area contributed by atoms with Crippen LogP contribution in [0.1, 0.15) is 38.7 Å². The Hall–Kier alpha value is -1.91. The van der Waals surface area contributed by atoms with Gasteiger partial charge in [-0.15, -0.1) is 0 Å². The van der Waals surface area contributed by atoms with Crippen molar-refractivity contribution in [2.75, 3.05) is 78.8 Å². The second-order valence-electron chi connectivity index (χ2n) is 10.5. The van der Waals surface area contributed by atoms with Gasteiger partial charge in [0.25, 0.3) is 0 Å². The number of hydrogen-bond acceptors (Lipinski definition) is 8. The molecule has 3 heterocycles. The van der Waals surface area contributed by atoms with E-state index in [2.05, 4.69) is 32.1 Å². The summed E-state index contributed by atoms with van der Waals surface area (Å²) in [7, 11) is 0. The molecule has 3 aliphatic rings. The minimum atomic E-state index is -0.688. The van der Waals surface area contributed by atoms with Crippen molar-refractivity contribution in [1.82, 2.24) is 20.0 Å². The Bertz CT molecular complexity index is 841. The van der Waals surface area contributed by atoms with E-state index in [4.69, 9.17) is 14.2 Å². The fraction of sp³-hybridized carbons (Fsp3) is 0.741. The number of aliphatic hydroxyl groups is 1. The predicted octanol–water partition coefficient (Wildman–Crippen LogP) is 1.33. The monoisotopic (exact) mass is 504 g/mol. The normalized spacial score (nSPS) is 24.6. The molecule has 4 rings (SSSR count). The Balaban J connectivity index is 1.25.